The lowest BCUT2D eigenvalue weighted by Gasteiger charge is -2.01. The Hall–Kier alpha value is -0.320. The summed E-state index contributed by atoms with van der Waals surface area (Å²) in [5, 5.41) is 0.535. The number of carbonyl (C=O) groups excluding carboxylic acids is 1. The Labute approximate surface area is 79.6 Å². The van der Waals surface area contributed by atoms with Crippen LogP contribution in [-0.2, 0) is 4.79 Å². The predicted octanol–water partition coefficient (Wildman–Crippen LogP) is 1.81. The first-order valence-corrected chi connectivity index (χ1v) is 5.30. The van der Waals surface area contributed by atoms with E-state index in [2.05, 4.69) is 4.72 Å². The lowest BCUT2D eigenvalue weighted by atomic mass is 10.3. The number of hydrogen-bond donors (Lipinski definition) is 1. The van der Waals surface area contributed by atoms with E-state index in [9.17, 15) is 13.6 Å². The lowest BCUT2D eigenvalue weighted by molar-refractivity contribution is -0.121. The van der Waals surface area contributed by atoms with Crippen molar-refractivity contribution in [1.29, 1.82) is 0 Å². The average Bonchev–Trinajstić information content (AvgIpc) is 2.93. The molecule has 1 unspecified atom stereocenters. The molecule has 0 aromatic carbocycles. The van der Waals surface area contributed by atoms with Crippen molar-refractivity contribution in [2.24, 2.45) is 11.8 Å². The molecule has 0 saturated heterocycles. The van der Waals surface area contributed by atoms with Gasteiger partial charge in [0.05, 0.1) is 0 Å². The molecule has 2 rings (SSSR count). The Bertz CT molecular complexity index is 220. The summed E-state index contributed by atoms with van der Waals surface area (Å²) < 4.78 is 26.7. The zero-order valence-corrected chi connectivity index (χ0v) is 7.82. The fraction of sp³-hybridized carbons (Fsp3) is 0.875. The van der Waals surface area contributed by atoms with Crippen molar-refractivity contribution in [1.82, 2.24) is 4.72 Å². The van der Waals surface area contributed by atoms with Gasteiger partial charge in [-0.1, -0.05) is 0 Å². The van der Waals surface area contributed by atoms with Crippen LogP contribution >= 0.6 is 11.9 Å². The van der Waals surface area contributed by atoms with Gasteiger partial charge < -0.3 is 0 Å². The summed E-state index contributed by atoms with van der Waals surface area (Å²) in [5.74, 6) is -1.31. The number of amides is 1. The van der Waals surface area contributed by atoms with Gasteiger partial charge in [-0.3, -0.25) is 9.52 Å². The summed E-state index contributed by atoms with van der Waals surface area (Å²) in [6.45, 7) is 0. The zero-order valence-electron chi connectivity index (χ0n) is 7.00. The Kier molecular flexibility index (Phi) is 2.45. The fourth-order valence-electron chi connectivity index (χ4n) is 1.20. The van der Waals surface area contributed by atoms with Crippen molar-refractivity contribution < 1.29 is 13.6 Å². The van der Waals surface area contributed by atoms with Crippen molar-refractivity contribution in [3.63, 3.8) is 0 Å². The van der Waals surface area contributed by atoms with E-state index in [4.69, 9.17) is 0 Å². The second-order valence-corrected chi connectivity index (χ2v) is 4.73. The molecule has 2 nitrogen and oxygen atoms in total. The molecule has 0 bridgehead atoms. The van der Waals surface area contributed by atoms with E-state index in [0.717, 1.165) is 12.8 Å². The molecule has 0 spiro atoms. The number of halogens is 2. The van der Waals surface area contributed by atoms with Gasteiger partial charge in [0, 0.05) is 17.1 Å². The molecule has 0 heterocycles. The van der Waals surface area contributed by atoms with Crippen LogP contribution in [0.4, 0.5) is 8.78 Å². The highest BCUT2D eigenvalue weighted by molar-refractivity contribution is 7.98. The van der Waals surface area contributed by atoms with Crippen LogP contribution < -0.4 is 4.72 Å². The van der Waals surface area contributed by atoms with E-state index in [-0.39, 0.29) is 5.91 Å². The van der Waals surface area contributed by atoms with E-state index in [0.29, 0.717) is 11.7 Å². The van der Waals surface area contributed by atoms with E-state index < -0.39 is 18.3 Å². The maximum atomic E-state index is 12.1. The molecule has 2 aliphatic rings. The van der Waals surface area contributed by atoms with Crippen LogP contribution in [0.2, 0.25) is 0 Å². The summed E-state index contributed by atoms with van der Waals surface area (Å²) in [5.41, 5.74) is 0. The highest BCUT2D eigenvalue weighted by Gasteiger charge is 2.49. The predicted molar refractivity (Wildman–Crippen MR) is 46.4 cm³/mol. The molecule has 0 aliphatic heterocycles. The Morgan fingerprint density at radius 3 is 2.62 bits per heavy atom. The number of rotatable bonds is 4. The quantitative estimate of drug-likeness (QED) is 0.712. The summed E-state index contributed by atoms with van der Waals surface area (Å²) in [6.07, 6.45) is 0.290. The maximum absolute atomic E-state index is 12.1. The molecule has 74 valence electrons. The first kappa shape index (κ1) is 9.24. The molecule has 2 saturated carbocycles. The van der Waals surface area contributed by atoms with Crippen LogP contribution in [0.5, 0.6) is 0 Å². The smallest absolute Gasteiger partial charge is 0.242 e. The van der Waals surface area contributed by atoms with Gasteiger partial charge in [0.1, 0.15) is 0 Å². The van der Waals surface area contributed by atoms with Crippen molar-refractivity contribution in [3.05, 3.63) is 0 Å². The van der Waals surface area contributed by atoms with Crippen molar-refractivity contribution >= 4 is 17.9 Å². The first-order chi connectivity index (χ1) is 6.18. The minimum atomic E-state index is -2.33. The van der Waals surface area contributed by atoms with Crippen LogP contribution in [0.15, 0.2) is 0 Å². The normalized spacial score (nSPS) is 31.9. The summed E-state index contributed by atoms with van der Waals surface area (Å²) in [6, 6.07) is 0. The van der Waals surface area contributed by atoms with Crippen LogP contribution in [-0.4, -0.2) is 17.6 Å². The minimum Gasteiger partial charge on any atom is -0.300 e. The third-order valence-corrected chi connectivity index (χ3v) is 3.47. The number of alkyl halides is 2. The Morgan fingerprint density at radius 1 is 1.46 bits per heavy atom. The van der Waals surface area contributed by atoms with Crippen molar-refractivity contribution in [3.8, 4) is 0 Å². The highest BCUT2D eigenvalue weighted by Crippen LogP contribution is 2.44. The summed E-state index contributed by atoms with van der Waals surface area (Å²) >= 11 is 1.39. The summed E-state index contributed by atoms with van der Waals surface area (Å²) in [7, 11) is 0. The Morgan fingerprint density at radius 2 is 2.15 bits per heavy atom. The van der Waals surface area contributed by atoms with Gasteiger partial charge in [-0.15, -0.1) is 0 Å². The van der Waals surface area contributed by atoms with E-state index >= 15 is 0 Å². The topological polar surface area (TPSA) is 29.1 Å². The van der Waals surface area contributed by atoms with Gasteiger partial charge in [-0.25, -0.2) is 8.78 Å². The number of nitrogens with one attached hydrogen (secondary N) is 1. The zero-order chi connectivity index (χ0) is 9.42. The van der Waals surface area contributed by atoms with E-state index in [1.165, 1.54) is 11.9 Å². The number of carbonyl (C=O) groups is 1. The van der Waals surface area contributed by atoms with E-state index in [1.54, 1.807) is 0 Å². The number of hydrogen-bond acceptors (Lipinski definition) is 2. The molecule has 5 heteroatoms. The van der Waals surface area contributed by atoms with Crippen LogP contribution in [0, 0.1) is 11.8 Å². The van der Waals surface area contributed by atoms with Crippen LogP contribution in [0.1, 0.15) is 19.3 Å². The monoisotopic (exact) mass is 207 g/mol. The van der Waals surface area contributed by atoms with E-state index in [1.807, 2.05) is 0 Å². The second-order valence-electron chi connectivity index (χ2n) is 3.62. The molecule has 0 aromatic heterocycles. The van der Waals surface area contributed by atoms with Crippen molar-refractivity contribution in [2.45, 2.75) is 30.9 Å². The lowest BCUT2D eigenvalue weighted by Crippen LogP contribution is -2.20. The molecule has 1 N–H and O–H groups in total. The van der Waals surface area contributed by atoms with Crippen LogP contribution in [0.25, 0.3) is 0 Å². The van der Waals surface area contributed by atoms with Crippen molar-refractivity contribution in [2.75, 3.05) is 0 Å². The minimum absolute atomic E-state index is 0.206. The molecule has 2 fully saturated rings. The third-order valence-electron chi connectivity index (χ3n) is 2.35. The van der Waals surface area contributed by atoms with Gasteiger partial charge in [0.25, 0.3) is 0 Å². The SMILES string of the molecule is O=C(NSC1CC1)[C@H]1CC1C(F)F. The molecule has 1 amide bonds. The maximum Gasteiger partial charge on any atom is 0.242 e. The molecule has 13 heavy (non-hydrogen) atoms. The average molecular weight is 207 g/mol. The third kappa shape index (κ3) is 2.33. The molecular formula is C8H11F2NOS. The van der Waals surface area contributed by atoms with Gasteiger partial charge in [-0.05, 0) is 31.2 Å². The van der Waals surface area contributed by atoms with Crippen LogP contribution in [0.3, 0.4) is 0 Å². The standard InChI is InChI=1S/C8H11F2NOS/c9-7(10)5-3-6(5)8(12)11-13-4-1-2-4/h4-7H,1-3H2,(H,11,12)/t5?,6-/m0/s1. The fourth-order valence-corrected chi connectivity index (χ4v) is 2.00. The molecule has 0 aromatic rings. The van der Waals surface area contributed by atoms with Gasteiger partial charge in [-0.2, -0.15) is 0 Å². The Balaban J connectivity index is 1.66. The van der Waals surface area contributed by atoms with Gasteiger partial charge in [0.2, 0.25) is 12.3 Å². The molecular weight excluding hydrogens is 196 g/mol. The van der Waals surface area contributed by atoms with Gasteiger partial charge in [0.15, 0.2) is 0 Å². The highest BCUT2D eigenvalue weighted by atomic mass is 32.2. The molecule has 2 aliphatic carbocycles. The molecule has 0 radical (unpaired) electrons. The largest absolute Gasteiger partial charge is 0.300 e. The second kappa shape index (κ2) is 3.44. The van der Waals surface area contributed by atoms with Gasteiger partial charge >= 0.3 is 0 Å². The summed E-state index contributed by atoms with van der Waals surface area (Å²) in [4.78, 5) is 11.2. The molecule has 2 atom stereocenters. The first-order valence-electron chi connectivity index (χ1n) is 4.42.